The second kappa shape index (κ2) is 11.5. The SMILES string of the molecule is O=C(Nc1ccccc1)N[C@@H](Cc1ccccc1)C(=O)NCc1ccccc1-c1ccccc1. The first-order valence-corrected chi connectivity index (χ1v) is 11.3. The van der Waals surface area contributed by atoms with E-state index in [2.05, 4.69) is 16.0 Å². The molecule has 0 unspecified atom stereocenters. The zero-order chi connectivity index (χ0) is 23.6. The lowest BCUT2D eigenvalue weighted by atomic mass is 9.99. The topological polar surface area (TPSA) is 70.2 Å². The van der Waals surface area contributed by atoms with E-state index in [0.29, 0.717) is 18.7 Å². The van der Waals surface area contributed by atoms with Gasteiger partial charge in [0.15, 0.2) is 0 Å². The Bertz CT molecular complexity index is 1210. The fourth-order valence-electron chi connectivity index (χ4n) is 3.79. The summed E-state index contributed by atoms with van der Waals surface area (Å²) in [6, 6.07) is 35.7. The van der Waals surface area contributed by atoms with Gasteiger partial charge in [-0.25, -0.2) is 4.79 Å². The summed E-state index contributed by atoms with van der Waals surface area (Å²) in [7, 11) is 0. The molecule has 1 atom stereocenters. The fourth-order valence-corrected chi connectivity index (χ4v) is 3.79. The number of amides is 3. The van der Waals surface area contributed by atoms with Gasteiger partial charge < -0.3 is 16.0 Å². The maximum Gasteiger partial charge on any atom is 0.319 e. The molecule has 4 aromatic rings. The van der Waals surface area contributed by atoms with E-state index in [0.717, 1.165) is 22.3 Å². The number of urea groups is 1. The Morgan fingerprint density at radius 1 is 0.676 bits per heavy atom. The summed E-state index contributed by atoms with van der Waals surface area (Å²) in [5.41, 5.74) is 4.79. The van der Waals surface area contributed by atoms with Crippen molar-refractivity contribution in [1.82, 2.24) is 10.6 Å². The Kier molecular flexibility index (Phi) is 7.70. The number of para-hydroxylation sites is 1. The lowest BCUT2D eigenvalue weighted by Crippen LogP contribution is -2.49. The highest BCUT2D eigenvalue weighted by Crippen LogP contribution is 2.23. The molecule has 0 saturated carbocycles. The predicted molar refractivity (Wildman–Crippen MR) is 136 cm³/mol. The first-order valence-electron chi connectivity index (χ1n) is 11.3. The maximum atomic E-state index is 13.2. The molecule has 34 heavy (non-hydrogen) atoms. The largest absolute Gasteiger partial charge is 0.350 e. The first-order chi connectivity index (χ1) is 16.7. The summed E-state index contributed by atoms with van der Waals surface area (Å²) < 4.78 is 0. The highest BCUT2D eigenvalue weighted by molar-refractivity contribution is 5.93. The van der Waals surface area contributed by atoms with Crippen LogP contribution in [-0.4, -0.2) is 18.0 Å². The molecule has 0 fully saturated rings. The Balaban J connectivity index is 1.47. The quantitative estimate of drug-likeness (QED) is 0.337. The molecule has 0 saturated heterocycles. The smallest absolute Gasteiger partial charge is 0.319 e. The van der Waals surface area contributed by atoms with Crippen LogP contribution >= 0.6 is 0 Å². The van der Waals surface area contributed by atoms with Crippen molar-refractivity contribution in [3.63, 3.8) is 0 Å². The van der Waals surface area contributed by atoms with Gasteiger partial charge in [-0.15, -0.1) is 0 Å². The highest BCUT2D eigenvalue weighted by atomic mass is 16.2. The van der Waals surface area contributed by atoms with Gasteiger partial charge in [-0.2, -0.15) is 0 Å². The molecule has 0 aliphatic heterocycles. The lowest BCUT2D eigenvalue weighted by Gasteiger charge is -2.20. The van der Waals surface area contributed by atoms with Gasteiger partial charge in [0.1, 0.15) is 6.04 Å². The van der Waals surface area contributed by atoms with Gasteiger partial charge in [-0.1, -0.05) is 103 Å². The number of hydrogen-bond acceptors (Lipinski definition) is 2. The number of rotatable bonds is 8. The van der Waals surface area contributed by atoms with Gasteiger partial charge >= 0.3 is 6.03 Å². The molecule has 4 rings (SSSR count). The van der Waals surface area contributed by atoms with Gasteiger partial charge in [0.2, 0.25) is 5.91 Å². The van der Waals surface area contributed by atoms with E-state index in [1.165, 1.54) is 0 Å². The zero-order valence-electron chi connectivity index (χ0n) is 18.8. The summed E-state index contributed by atoms with van der Waals surface area (Å²) in [6.07, 6.45) is 0.384. The molecule has 0 aromatic heterocycles. The van der Waals surface area contributed by atoms with E-state index in [4.69, 9.17) is 0 Å². The molecule has 0 heterocycles. The van der Waals surface area contributed by atoms with Crippen LogP contribution in [0.3, 0.4) is 0 Å². The minimum atomic E-state index is -0.727. The standard InChI is InChI=1S/C29H27N3O2/c33-28(30-21-24-16-10-11-19-26(24)23-14-6-2-7-15-23)27(20-22-12-4-1-5-13-22)32-29(34)31-25-17-8-3-9-18-25/h1-19,27H,20-21H2,(H,30,33)(H2,31,32,34)/t27-/m0/s1. The first kappa shape index (κ1) is 22.8. The van der Waals surface area contributed by atoms with Gasteiger partial charge in [0.05, 0.1) is 0 Å². The predicted octanol–water partition coefficient (Wildman–Crippen LogP) is 5.40. The van der Waals surface area contributed by atoms with Crippen molar-refractivity contribution in [3.05, 3.63) is 126 Å². The van der Waals surface area contributed by atoms with Crippen LogP contribution < -0.4 is 16.0 Å². The van der Waals surface area contributed by atoms with E-state index < -0.39 is 12.1 Å². The molecule has 0 aliphatic rings. The summed E-state index contributed by atoms with van der Waals surface area (Å²) >= 11 is 0. The molecule has 5 heteroatoms. The van der Waals surface area contributed by atoms with E-state index in [-0.39, 0.29) is 5.91 Å². The van der Waals surface area contributed by atoms with Crippen LogP contribution in [0, 0.1) is 0 Å². The second-order valence-corrected chi connectivity index (χ2v) is 7.95. The molecule has 0 bridgehead atoms. The van der Waals surface area contributed by atoms with Crippen LogP contribution in [0.5, 0.6) is 0 Å². The van der Waals surface area contributed by atoms with Crippen LogP contribution in [0.4, 0.5) is 10.5 Å². The van der Waals surface area contributed by atoms with Crippen LogP contribution in [0.25, 0.3) is 11.1 Å². The minimum Gasteiger partial charge on any atom is -0.350 e. The van der Waals surface area contributed by atoms with Gasteiger partial charge in [-0.05, 0) is 34.4 Å². The van der Waals surface area contributed by atoms with E-state index in [1.54, 1.807) is 12.1 Å². The van der Waals surface area contributed by atoms with Crippen molar-refractivity contribution < 1.29 is 9.59 Å². The average molecular weight is 450 g/mol. The third-order valence-electron chi connectivity index (χ3n) is 5.49. The summed E-state index contributed by atoms with van der Waals surface area (Å²) in [4.78, 5) is 25.8. The molecule has 5 nitrogen and oxygen atoms in total. The average Bonchev–Trinajstić information content (AvgIpc) is 2.89. The highest BCUT2D eigenvalue weighted by Gasteiger charge is 2.21. The Morgan fingerprint density at radius 2 is 1.26 bits per heavy atom. The van der Waals surface area contributed by atoms with Crippen LogP contribution in [-0.2, 0) is 17.8 Å². The van der Waals surface area contributed by atoms with E-state index >= 15 is 0 Å². The lowest BCUT2D eigenvalue weighted by molar-refractivity contribution is -0.123. The van der Waals surface area contributed by atoms with Crippen LogP contribution in [0.1, 0.15) is 11.1 Å². The fraction of sp³-hybridized carbons (Fsp3) is 0.103. The second-order valence-electron chi connectivity index (χ2n) is 7.95. The molecular weight excluding hydrogens is 422 g/mol. The van der Waals surface area contributed by atoms with Crippen molar-refractivity contribution in [3.8, 4) is 11.1 Å². The molecule has 170 valence electrons. The number of carbonyl (C=O) groups excluding carboxylic acids is 2. The molecular formula is C29H27N3O2. The van der Waals surface area contributed by atoms with Crippen LogP contribution in [0.15, 0.2) is 115 Å². The number of anilines is 1. The summed E-state index contributed by atoms with van der Waals surface area (Å²) in [5, 5.41) is 8.64. The van der Waals surface area contributed by atoms with E-state index in [9.17, 15) is 9.59 Å². The van der Waals surface area contributed by atoms with Gasteiger partial charge in [0.25, 0.3) is 0 Å². The molecule has 3 N–H and O–H groups in total. The minimum absolute atomic E-state index is 0.241. The van der Waals surface area contributed by atoms with Gasteiger partial charge in [0, 0.05) is 18.7 Å². The Morgan fingerprint density at radius 3 is 1.97 bits per heavy atom. The van der Waals surface area contributed by atoms with Gasteiger partial charge in [-0.3, -0.25) is 4.79 Å². The van der Waals surface area contributed by atoms with Crippen molar-refractivity contribution >= 4 is 17.6 Å². The normalized spacial score (nSPS) is 11.3. The zero-order valence-corrected chi connectivity index (χ0v) is 18.8. The Labute approximate surface area is 199 Å². The molecule has 4 aromatic carbocycles. The Hall–Kier alpha value is -4.38. The number of hydrogen-bond donors (Lipinski definition) is 3. The maximum absolute atomic E-state index is 13.2. The number of benzene rings is 4. The number of nitrogens with one attached hydrogen (secondary N) is 3. The monoisotopic (exact) mass is 449 g/mol. The number of carbonyl (C=O) groups is 2. The van der Waals surface area contributed by atoms with E-state index in [1.807, 2.05) is 103 Å². The third-order valence-corrected chi connectivity index (χ3v) is 5.49. The third kappa shape index (κ3) is 6.33. The molecule has 0 spiro atoms. The van der Waals surface area contributed by atoms with Crippen molar-refractivity contribution in [2.24, 2.45) is 0 Å². The molecule has 0 aliphatic carbocycles. The van der Waals surface area contributed by atoms with Crippen LogP contribution in [0.2, 0.25) is 0 Å². The van der Waals surface area contributed by atoms with Crippen molar-refractivity contribution in [1.29, 1.82) is 0 Å². The van der Waals surface area contributed by atoms with Crippen molar-refractivity contribution in [2.45, 2.75) is 19.0 Å². The van der Waals surface area contributed by atoms with Crippen molar-refractivity contribution in [2.75, 3.05) is 5.32 Å². The molecule has 3 amide bonds. The summed E-state index contributed by atoms with van der Waals surface area (Å²) in [6.45, 7) is 0.358. The molecule has 0 radical (unpaired) electrons. The summed E-state index contributed by atoms with van der Waals surface area (Å²) in [5.74, 6) is -0.241.